The normalized spacial score (nSPS) is 11.6. The number of halogens is 3. The lowest BCUT2D eigenvalue weighted by molar-refractivity contribution is -0.907. The molecule has 264 valence electrons. The third kappa shape index (κ3) is 7.51. The largest absolute Gasteiger partial charge is 1.00 e. The lowest BCUT2D eigenvalue weighted by Crippen LogP contribution is -3.06. The summed E-state index contributed by atoms with van der Waals surface area (Å²) in [6.45, 7) is 2.42. The van der Waals surface area contributed by atoms with Crippen LogP contribution in [0.25, 0.3) is 26.3 Å². The van der Waals surface area contributed by atoms with Crippen LogP contribution >= 0.6 is 11.3 Å². The fraction of sp³-hybridized carbons (Fsp3) is 0.205. The second-order valence-corrected chi connectivity index (χ2v) is 13.1. The zero-order valence-corrected chi connectivity index (χ0v) is 30.2. The Balaban J connectivity index is 0.00000504. The molecule has 0 spiro atoms. The average Bonchev–Trinajstić information content (AvgIpc) is 3.49. The highest BCUT2D eigenvalue weighted by Gasteiger charge is 2.27. The molecule has 0 aliphatic carbocycles. The van der Waals surface area contributed by atoms with E-state index in [9.17, 15) is 14.4 Å². The Morgan fingerprint density at radius 3 is 2.20 bits per heavy atom. The van der Waals surface area contributed by atoms with Gasteiger partial charge < -0.3 is 26.9 Å². The summed E-state index contributed by atoms with van der Waals surface area (Å²) in [5.74, 6) is -1.19. The summed E-state index contributed by atoms with van der Waals surface area (Å²) < 4.78 is 38.0. The predicted octanol–water partition coefficient (Wildman–Crippen LogP) is 2.81. The molecule has 4 aromatic carbocycles. The summed E-state index contributed by atoms with van der Waals surface area (Å²) in [6, 6.07) is 27.6. The number of benzene rings is 4. The summed E-state index contributed by atoms with van der Waals surface area (Å²) in [5, 5.41) is 0.291. The molecule has 2 heterocycles. The van der Waals surface area contributed by atoms with E-state index in [1.807, 2.05) is 61.6 Å². The van der Waals surface area contributed by atoms with Gasteiger partial charge in [0.2, 0.25) is 5.91 Å². The van der Waals surface area contributed by atoms with Gasteiger partial charge in [0.25, 0.3) is 5.56 Å². The molecule has 1 atom stereocenters. The zero-order chi connectivity index (χ0) is 35.5. The maximum absolute atomic E-state index is 15.1. The zero-order valence-electron chi connectivity index (χ0n) is 28.6. The number of aromatic nitrogens is 2. The van der Waals surface area contributed by atoms with E-state index in [1.165, 1.54) is 29.1 Å². The predicted molar refractivity (Wildman–Crippen MR) is 194 cm³/mol. The van der Waals surface area contributed by atoms with Gasteiger partial charge in [0.1, 0.15) is 35.3 Å². The van der Waals surface area contributed by atoms with Gasteiger partial charge >= 0.3 is 5.69 Å². The number of nitrogens with zero attached hydrogens (tertiary/aromatic N) is 3. The van der Waals surface area contributed by atoms with Crippen LogP contribution in [0.15, 0.2) is 107 Å². The van der Waals surface area contributed by atoms with Gasteiger partial charge in [-0.05, 0) is 42.0 Å². The van der Waals surface area contributed by atoms with E-state index < -0.39 is 29.4 Å². The van der Waals surface area contributed by atoms with Crippen LogP contribution in [0, 0.1) is 11.6 Å². The van der Waals surface area contributed by atoms with Crippen LogP contribution in [-0.2, 0) is 24.4 Å². The topological polar surface area (TPSA) is 78.0 Å². The summed E-state index contributed by atoms with van der Waals surface area (Å²) in [7, 11) is 5.23. The van der Waals surface area contributed by atoms with E-state index in [0.717, 1.165) is 37.6 Å². The van der Waals surface area contributed by atoms with Gasteiger partial charge in [-0.2, -0.15) is 0 Å². The van der Waals surface area contributed by atoms with Crippen LogP contribution in [0.3, 0.4) is 0 Å². The Bertz CT molecular complexity index is 2290. The number of quaternary nitrogens is 1. The van der Waals surface area contributed by atoms with Crippen molar-refractivity contribution in [1.82, 2.24) is 9.13 Å². The molecule has 0 fully saturated rings. The first-order valence-corrected chi connectivity index (χ1v) is 17.0. The highest BCUT2D eigenvalue weighted by Crippen LogP contribution is 2.38. The molecule has 0 saturated heterocycles. The number of ether oxygens (including phenoxy) is 1. The van der Waals surface area contributed by atoms with Crippen LogP contribution < -0.4 is 38.2 Å². The van der Waals surface area contributed by atoms with Crippen molar-refractivity contribution in [2.75, 3.05) is 26.1 Å². The molecule has 0 saturated carbocycles. The van der Waals surface area contributed by atoms with E-state index in [2.05, 4.69) is 0 Å². The molecule has 1 unspecified atom stereocenters. The SMILES string of the molecule is CCC(=O)N(C)c1ccc(-c2sc3c(c2C[NH+](C)Cc2ccccc2)c(=O)n(-c2cccc(OC)c2)c(=O)n3Cc2c(F)cccc2F)cc1.[Cl-]. The van der Waals surface area contributed by atoms with Gasteiger partial charge in [-0.3, -0.25) is 14.2 Å². The molecule has 0 aliphatic rings. The van der Waals surface area contributed by atoms with Crippen molar-refractivity contribution in [3.8, 4) is 21.9 Å². The number of carbonyl (C=O) groups is 1. The first kappa shape index (κ1) is 37.2. The van der Waals surface area contributed by atoms with Gasteiger partial charge in [-0.15, -0.1) is 11.3 Å². The van der Waals surface area contributed by atoms with Gasteiger partial charge in [-0.1, -0.05) is 61.5 Å². The molecule has 51 heavy (non-hydrogen) atoms. The fourth-order valence-electron chi connectivity index (χ4n) is 6.15. The van der Waals surface area contributed by atoms with Crippen molar-refractivity contribution < 1.29 is 35.6 Å². The van der Waals surface area contributed by atoms with Gasteiger partial charge in [-0.25, -0.2) is 18.1 Å². The van der Waals surface area contributed by atoms with E-state index in [0.29, 0.717) is 46.7 Å². The molecule has 12 heteroatoms. The first-order chi connectivity index (χ1) is 24.1. The minimum atomic E-state index is -0.797. The number of methoxy groups -OCH3 is 1. The quantitative estimate of drug-likeness (QED) is 0.223. The lowest BCUT2D eigenvalue weighted by Gasteiger charge is -2.17. The number of fused-ring (bicyclic) bond motifs is 1. The van der Waals surface area contributed by atoms with Crippen molar-refractivity contribution in [3.05, 3.63) is 146 Å². The number of amides is 1. The standard InChI is InChI=1S/C39H36F2N4O4S.ClH/c1-5-34(46)43(3)27-19-17-26(18-20-27)36-31(23-42(2)22-25-11-7-6-8-12-25)35-37(47)45(28-13-9-14-29(21-28)49-4)39(48)44(38(35)50-36)24-30-32(40)15-10-16-33(30)41;/h6-21H,5,22-24H2,1-4H3;1H. The molecular formula is C39H37ClF2N4O4S. The Morgan fingerprint density at radius 1 is 0.882 bits per heavy atom. The van der Waals surface area contributed by atoms with E-state index in [-0.39, 0.29) is 29.6 Å². The molecule has 8 nitrogen and oxygen atoms in total. The number of thiophene rings is 1. The summed E-state index contributed by atoms with van der Waals surface area (Å²) in [6.07, 6.45) is 0.356. The van der Waals surface area contributed by atoms with Crippen LogP contribution in [-0.4, -0.2) is 36.2 Å². The molecule has 0 bridgehead atoms. The number of hydrogen-bond donors (Lipinski definition) is 1. The van der Waals surface area contributed by atoms with Crippen molar-refractivity contribution in [3.63, 3.8) is 0 Å². The van der Waals surface area contributed by atoms with Crippen molar-refractivity contribution in [2.45, 2.75) is 33.0 Å². The summed E-state index contributed by atoms with van der Waals surface area (Å²) in [5.41, 5.74) is 1.99. The minimum Gasteiger partial charge on any atom is -1.00 e. The third-order valence-corrected chi connectivity index (χ3v) is 10.1. The number of nitrogens with one attached hydrogen (secondary N) is 1. The Kier molecular flexibility index (Phi) is 11.5. The number of carbonyl (C=O) groups excluding carboxylic acids is 1. The molecule has 6 rings (SSSR count). The van der Waals surface area contributed by atoms with E-state index in [4.69, 9.17) is 4.74 Å². The third-order valence-electron chi connectivity index (χ3n) is 8.78. The number of hydrogen-bond acceptors (Lipinski definition) is 5. The minimum absolute atomic E-state index is 0. The van der Waals surface area contributed by atoms with E-state index >= 15 is 8.78 Å². The Morgan fingerprint density at radius 2 is 1.55 bits per heavy atom. The Hall–Kier alpha value is -5.10. The van der Waals surface area contributed by atoms with Crippen LogP contribution in [0.5, 0.6) is 5.75 Å². The summed E-state index contributed by atoms with van der Waals surface area (Å²) >= 11 is 1.23. The molecule has 0 aliphatic heterocycles. The monoisotopic (exact) mass is 730 g/mol. The molecule has 1 N–H and O–H groups in total. The molecule has 0 radical (unpaired) electrons. The molecule has 2 aromatic heterocycles. The smallest absolute Gasteiger partial charge is 0.337 e. The van der Waals surface area contributed by atoms with Crippen LogP contribution in [0.2, 0.25) is 0 Å². The lowest BCUT2D eigenvalue weighted by atomic mass is 10.1. The molecular weight excluding hydrogens is 694 g/mol. The highest BCUT2D eigenvalue weighted by molar-refractivity contribution is 7.22. The maximum Gasteiger partial charge on any atom is 0.337 e. The van der Waals surface area contributed by atoms with Crippen LogP contribution in [0.1, 0.15) is 30.0 Å². The van der Waals surface area contributed by atoms with Crippen molar-refractivity contribution in [2.24, 2.45) is 0 Å². The average molecular weight is 731 g/mol. The van der Waals surface area contributed by atoms with Gasteiger partial charge in [0.05, 0.1) is 31.8 Å². The van der Waals surface area contributed by atoms with Gasteiger partial charge in [0, 0.05) is 46.8 Å². The van der Waals surface area contributed by atoms with Gasteiger partial charge in [0.15, 0.2) is 0 Å². The Labute approximate surface area is 304 Å². The molecule has 6 aromatic rings. The second kappa shape index (κ2) is 15.8. The maximum atomic E-state index is 15.1. The number of anilines is 1. The van der Waals surface area contributed by atoms with Crippen LogP contribution in [0.4, 0.5) is 14.5 Å². The van der Waals surface area contributed by atoms with Crippen molar-refractivity contribution in [1.29, 1.82) is 0 Å². The molecule has 1 amide bonds. The van der Waals surface area contributed by atoms with E-state index in [1.54, 1.807) is 43.1 Å². The second-order valence-electron chi connectivity index (χ2n) is 12.2. The highest BCUT2D eigenvalue weighted by atomic mass is 35.5. The van der Waals surface area contributed by atoms with Crippen molar-refractivity contribution >= 4 is 33.1 Å². The number of rotatable bonds is 11. The fourth-order valence-corrected chi connectivity index (χ4v) is 7.47. The first-order valence-electron chi connectivity index (χ1n) is 16.2. The summed E-state index contributed by atoms with van der Waals surface area (Å²) in [4.78, 5) is 45.1.